The van der Waals surface area contributed by atoms with E-state index in [0.717, 1.165) is 11.7 Å². The highest BCUT2D eigenvalue weighted by atomic mass is 32.2. The van der Waals surface area contributed by atoms with Crippen LogP contribution in [0.5, 0.6) is 0 Å². The van der Waals surface area contributed by atoms with Crippen molar-refractivity contribution in [1.29, 1.82) is 0 Å². The van der Waals surface area contributed by atoms with Crippen LogP contribution in [0, 0.1) is 0 Å². The average molecular weight is 394 g/mol. The Morgan fingerprint density at radius 1 is 1.00 bits per heavy atom. The van der Waals surface area contributed by atoms with Gasteiger partial charge in [-0.3, -0.25) is 0 Å². The Labute approximate surface area is 155 Å². The Morgan fingerprint density at radius 3 is 2.27 bits per heavy atom. The summed E-state index contributed by atoms with van der Waals surface area (Å²) in [6.45, 7) is -0.0690. The van der Waals surface area contributed by atoms with Crippen molar-refractivity contribution in [2.24, 2.45) is 0 Å². The smallest absolute Gasteiger partial charge is 0.243 e. The van der Waals surface area contributed by atoms with Crippen LogP contribution in [-0.2, 0) is 16.6 Å². The molecule has 1 N–H and O–H groups in total. The van der Waals surface area contributed by atoms with Crippen molar-refractivity contribution in [3.05, 3.63) is 24.0 Å². The molecule has 10 nitrogen and oxygen atoms in total. The van der Waals surface area contributed by atoms with Crippen molar-refractivity contribution in [1.82, 2.24) is 28.4 Å². The molecule has 0 amide bonds. The number of nitrogens with zero attached hydrogens (tertiary/aromatic N) is 7. The van der Waals surface area contributed by atoms with Gasteiger partial charge in [0.25, 0.3) is 0 Å². The van der Waals surface area contributed by atoms with Crippen molar-refractivity contribution in [3.8, 4) is 0 Å². The second-order valence-corrected chi connectivity index (χ2v) is 8.12. The first-order chi connectivity index (χ1) is 12.3. The molecule has 0 spiro atoms. The highest BCUT2D eigenvalue weighted by molar-refractivity contribution is 7.89. The number of anilines is 2. The van der Waals surface area contributed by atoms with E-state index in [9.17, 15) is 8.42 Å². The normalized spacial score (nSPS) is 11.7. The van der Waals surface area contributed by atoms with Gasteiger partial charge in [-0.25, -0.2) is 13.1 Å². The monoisotopic (exact) mass is 394 g/mol. The number of aromatic nitrogens is 5. The maximum absolute atomic E-state index is 12.7. The van der Waals surface area contributed by atoms with E-state index in [2.05, 4.69) is 28.4 Å². The van der Waals surface area contributed by atoms with Gasteiger partial charge < -0.3 is 9.80 Å². The third-order valence-corrected chi connectivity index (χ3v) is 5.39. The van der Waals surface area contributed by atoms with Gasteiger partial charge in [0.15, 0.2) is 5.82 Å². The predicted molar refractivity (Wildman–Crippen MR) is 99.9 cm³/mol. The van der Waals surface area contributed by atoms with Crippen molar-refractivity contribution >= 4 is 44.7 Å². The Balaban J connectivity index is 1.89. The molecule has 0 atom stereocenters. The van der Waals surface area contributed by atoms with Gasteiger partial charge in [0.1, 0.15) is 15.9 Å². The molecule has 3 aromatic rings. The zero-order valence-electron chi connectivity index (χ0n) is 14.7. The fourth-order valence-electron chi connectivity index (χ4n) is 2.11. The first-order valence-corrected chi connectivity index (χ1v) is 9.80. The largest absolute Gasteiger partial charge is 0.347 e. The Hall–Kier alpha value is -2.44. The van der Waals surface area contributed by atoms with Gasteiger partial charge >= 0.3 is 0 Å². The van der Waals surface area contributed by atoms with E-state index >= 15 is 0 Å². The molecule has 0 fully saturated rings. The SMILES string of the molecule is CN(C)c1nc(CNS(=O)(=O)c2cccc3nsnc23)nc(N(C)C)n1. The van der Waals surface area contributed by atoms with Crippen molar-refractivity contribution in [2.45, 2.75) is 11.4 Å². The van der Waals surface area contributed by atoms with E-state index in [1.165, 1.54) is 6.07 Å². The molecule has 2 aromatic heterocycles. The number of rotatable bonds is 6. The van der Waals surface area contributed by atoms with Gasteiger partial charge in [-0.05, 0) is 12.1 Å². The van der Waals surface area contributed by atoms with Crippen molar-refractivity contribution in [3.63, 3.8) is 0 Å². The number of sulfonamides is 1. The lowest BCUT2D eigenvalue weighted by Crippen LogP contribution is -2.26. The quantitative estimate of drug-likeness (QED) is 0.637. The molecule has 0 radical (unpaired) electrons. The maximum Gasteiger partial charge on any atom is 0.243 e. The molecule has 0 aliphatic carbocycles. The molecule has 0 saturated carbocycles. The molecule has 1 aromatic carbocycles. The van der Waals surface area contributed by atoms with Gasteiger partial charge in [-0.1, -0.05) is 6.07 Å². The third-order valence-electron chi connectivity index (χ3n) is 3.42. The van der Waals surface area contributed by atoms with Crippen LogP contribution in [0.4, 0.5) is 11.9 Å². The molecule has 0 unspecified atom stereocenters. The van der Waals surface area contributed by atoms with Gasteiger partial charge in [0.05, 0.1) is 18.3 Å². The molecule has 12 heteroatoms. The van der Waals surface area contributed by atoms with Crippen LogP contribution in [0.2, 0.25) is 0 Å². The van der Waals surface area contributed by atoms with Crippen LogP contribution in [0.1, 0.15) is 5.82 Å². The molecule has 2 heterocycles. The van der Waals surface area contributed by atoms with E-state index < -0.39 is 10.0 Å². The van der Waals surface area contributed by atoms with Gasteiger partial charge in [-0.15, -0.1) is 0 Å². The number of hydrogen-bond acceptors (Lipinski definition) is 10. The second kappa shape index (κ2) is 7.05. The molecular weight excluding hydrogens is 376 g/mol. The predicted octanol–water partition coefficient (Wildman–Crippen LogP) is 0.487. The molecule has 0 aliphatic heterocycles. The second-order valence-electron chi connectivity index (χ2n) is 5.85. The molecule has 0 aliphatic rings. The van der Waals surface area contributed by atoms with Crippen LogP contribution < -0.4 is 14.5 Å². The molecule has 0 saturated heterocycles. The first-order valence-electron chi connectivity index (χ1n) is 7.58. The van der Waals surface area contributed by atoms with E-state index in [4.69, 9.17) is 0 Å². The molecule has 3 rings (SSSR count). The maximum atomic E-state index is 12.7. The Bertz CT molecular complexity index is 1010. The van der Waals surface area contributed by atoms with E-state index in [0.29, 0.717) is 28.8 Å². The summed E-state index contributed by atoms with van der Waals surface area (Å²) in [7, 11) is 3.42. The fourth-order valence-corrected chi connectivity index (χ4v) is 3.85. The Kier molecular flexibility index (Phi) is 4.98. The first kappa shape index (κ1) is 18.4. The average Bonchev–Trinajstić information content (AvgIpc) is 3.08. The minimum Gasteiger partial charge on any atom is -0.347 e. The zero-order chi connectivity index (χ0) is 18.9. The van der Waals surface area contributed by atoms with Crippen molar-refractivity contribution < 1.29 is 8.42 Å². The summed E-state index contributed by atoms with van der Waals surface area (Å²) in [4.78, 5) is 16.4. The van der Waals surface area contributed by atoms with E-state index in [1.807, 2.05) is 0 Å². The number of hydrogen-bond donors (Lipinski definition) is 1. The third kappa shape index (κ3) is 3.71. The zero-order valence-corrected chi connectivity index (χ0v) is 16.3. The van der Waals surface area contributed by atoms with Crippen LogP contribution in [0.3, 0.4) is 0 Å². The standard InChI is InChI=1S/C14H18N8O2S2/c1-21(2)13-16-11(17-14(18-13)22(3)4)8-15-26(23,24)10-7-5-6-9-12(10)20-25-19-9/h5-7,15H,8H2,1-4H3. The minimum atomic E-state index is -3.79. The molecular formula is C14H18N8O2S2. The summed E-state index contributed by atoms with van der Waals surface area (Å²) in [6, 6.07) is 4.85. The summed E-state index contributed by atoms with van der Waals surface area (Å²) >= 11 is 0.972. The van der Waals surface area contributed by atoms with Crippen LogP contribution in [0.25, 0.3) is 11.0 Å². The van der Waals surface area contributed by atoms with Gasteiger partial charge in [0.2, 0.25) is 21.9 Å². The molecule has 0 bridgehead atoms. The Morgan fingerprint density at radius 2 is 1.65 bits per heavy atom. The summed E-state index contributed by atoms with van der Waals surface area (Å²) in [5.41, 5.74) is 0.895. The van der Waals surface area contributed by atoms with Gasteiger partial charge in [-0.2, -0.15) is 23.7 Å². The van der Waals surface area contributed by atoms with Gasteiger partial charge in [0, 0.05) is 28.2 Å². The highest BCUT2D eigenvalue weighted by Gasteiger charge is 2.20. The van der Waals surface area contributed by atoms with Crippen LogP contribution in [-0.4, -0.2) is 60.3 Å². The highest BCUT2D eigenvalue weighted by Crippen LogP contribution is 2.21. The minimum absolute atomic E-state index is 0.0690. The topological polar surface area (TPSA) is 117 Å². The summed E-state index contributed by atoms with van der Waals surface area (Å²) in [5.74, 6) is 1.21. The van der Waals surface area contributed by atoms with E-state index in [-0.39, 0.29) is 11.4 Å². The fraction of sp³-hybridized carbons (Fsp3) is 0.357. The number of benzene rings is 1. The lowest BCUT2D eigenvalue weighted by Gasteiger charge is -2.16. The molecule has 138 valence electrons. The lowest BCUT2D eigenvalue weighted by molar-refractivity contribution is 0.579. The number of fused-ring (bicyclic) bond motifs is 1. The number of nitrogens with one attached hydrogen (secondary N) is 1. The lowest BCUT2D eigenvalue weighted by atomic mass is 10.3. The van der Waals surface area contributed by atoms with Crippen LogP contribution in [0.15, 0.2) is 23.1 Å². The summed E-state index contributed by atoms with van der Waals surface area (Å²) in [5, 5.41) is 0. The molecule has 26 heavy (non-hydrogen) atoms. The van der Waals surface area contributed by atoms with Crippen molar-refractivity contribution in [2.75, 3.05) is 38.0 Å². The van der Waals surface area contributed by atoms with E-state index in [1.54, 1.807) is 50.1 Å². The van der Waals surface area contributed by atoms with Crippen LogP contribution >= 0.6 is 11.7 Å². The summed E-state index contributed by atoms with van der Waals surface area (Å²) < 4.78 is 36.0. The summed E-state index contributed by atoms with van der Waals surface area (Å²) in [6.07, 6.45) is 0.